The van der Waals surface area contributed by atoms with Crippen molar-refractivity contribution in [2.45, 2.75) is 19.8 Å². The first-order valence-electron chi connectivity index (χ1n) is 7.16. The Morgan fingerprint density at radius 1 is 1.35 bits per heavy atom. The Balaban J connectivity index is 2.30. The van der Waals surface area contributed by atoms with Gasteiger partial charge in [0.2, 0.25) is 5.95 Å². The predicted octanol–water partition coefficient (Wildman–Crippen LogP) is 1.75. The molecule has 2 aromatic heterocycles. The first kappa shape index (κ1) is 16.5. The van der Waals surface area contributed by atoms with Crippen LogP contribution in [0.1, 0.15) is 31.0 Å². The smallest absolute Gasteiger partial charge is 0.224 e. The van der Waals surface area contributed by atoms with E-state index in [-0.39, 0.29) is 18.3 Å². The van der Waals surface area contributed by atoms with Gasteiger partial charge >= 0.3 is 0 Å². The Hall–Kier alpha value is -2.85. The average molecular weight is 313 g/mol. The molecule has 0 fully saturated rings. The van der Waals surface area contributed by atoms with Crippen molar-refractivity contribution >= 4 is 11.8 Å². The summed E-state index contributed by atoms with van der Waals surface area (Å²) in [6, 6.07) is 1.69. The van der Waals surface area contributed by atoms with Gasteiger partial charge < -0.3 is 20.9 Å². The highest BCUT2D eigenvalue weighted by Crippen LogP contribution is 2.32. The highest BCUT2D eigenvalue weighted by molar-refractivity contribution is 5.51. The summed E-state index contributed by atoms with van der Waals surface area (Å²) in [4.78, 5) is 12.4. The molecule has 2 aromatic rings. The number of terminal acetylenes is 1. The van der Waals surface area contributed by atoms with Gasteiger partial charge in [0, 0.05) is 24.4 Å². The van der Waals surface area contributed by atoms with Crippen molar-refractivity contribution in [1.29, 1.82) is 0 Å². The number of rotatable bonds is 6. The van der Waals surface area contributed by atoms with E-state index in [1.807, 2.05) is 13.8 Å². The lowest BCUT2D eigenvalue weighted by molar-refractivity contribution is 0.311. The zero-order valence-electron chi connectivity index (χ0n) is 13.1. The van der Waals surface area contributed by atoms with Crippen LogP contribution in [0.15, 0.2) is 18.5 Å². The predicted molar refractivity (Wildman–Crippen MR) is 88.4 cm³/mol. The van der Waals surface area contributed by atoms with Gasteiger partial charge in [-0.15, -0.1) is 6.42 Å². The third-order valence-corrected chi connectivity index (χ3v) is 3.06. The summed E-state index contributed by atoms with van der Waals surface area (Å²) in [6.07, 6.45) is 8.56. The fraction of sp³-hybridized carbons (Fsp3) is 0.312. The van der Waals surface area contributed by atoms with Gasteiger partial charge in [-0.25, -0.2) is 9.97 Å². The van der Waals surface area contributed by atoms with Crippen molar-refractivity contribution in [3.63, 3.8) is 0 Å². The van der Waals surface area contributed by atoms with Crippen molar-refractivity contribution in [3.05, 3.63) is 29.7 Å². The van der Waals surface area contributed by atoms with Crippen LogP contribution < -0.4 is 15.8 Å². The van der Waals surface area contributed by atoms with Crippen molar-refractivity contribution in [2.24, 2.45) is 0 Å². The molecule has 7 nitrogen and oxygen atoms in total. The van der Waals surface area contributed by atoms with Gasteiger partial charge in [-0.05, 0) is 5.92 Å². The highest BCUT2D eigenvalue weighted by Gasteiger charge is 2.13. The molecule has 0 unspecified atom stereocenters. The second-order valence-electron chi connectivity index (χ2n) is 5.10. The Labute approximate surface area is 134 Å². The number of ether oxygens (including phenoxy) is 1. The van der Waals surface area contributed by atoms with Crippen molar-refractivity contribution < 1.29 is 9.84 Å². The van der Waals surface area contributed by atoms with E-state index in [0.717, 1.165) is 5.56 Å². The van der Waals surface area contributed by atoms with Gasteiger partial charge in [0.1, 0.15) is 11.4 Å². The van der Waals surface area contributed by atoms with Crippen LogP contribution in [0.25, 0.3) is 0 Å². The molecule has 0 aliphatic rings. The van der Waals surface area contributed by atoms with Crippen molar-refractivity contribution in [1.82, 2.24) is 15.0 Å². The Morgan fingerprint density at radius 2 is 2.13 bits per heavy atom. The summed E-state index contributed by atoms with van der Waals surface area (Å²) >= 11 is 0. The van der Waals surface area contributed by atoms with E-state index in [0.29, 0.717) is 29.7 Å². The molecule has 0 spiro atoms. The van der Waals surface area contributed by atoms with Crippen LogP contribution in [-0.2, 0) is 0 Å². The molecule has 0 aliphatic carbocycles. The van der Waals surface area contributed by atoms with Crippen LogP contribution in [-0.4, -0.2) is 33.2 Å². The summed E-state index contributed by atoms with van der Waals surface area (Å²) < 4.78 is 5.84. The molecule has 0 aliphatic heterocycles. The van der Waals surface area contributed by atoms with E-state index in [1.54, 1.807) is 12.3 Å². The van der Waals surface area contributed by atoms with Gasteiger partial charge in [-0.2, -0.15) is 4.98 Å². The largest absolute Gasteiger partial charge is 0.451 e. The summed E-state index contributed by atoms with van der Waals surface area (Å²) in [5.74, 6) is 4.11. The van der Waals surface area contributed by atoms with E-state index in [4.69, 9.17) is 22.0 Å². The number of hydrogen-bond acceptors (Lipinski definition) is 7. The van der Waals surface area contributed by atoms with Gasteiger partial charge in [-0.1, -0.05) is 19.8 Å². The molecule has 0 atom stereocenters. The van der Waals surface area contributed by atoms with Gasteiger partial charge in [0.05, 0.1) is 12.8 Å². The second-order valence-corrected chi connectivity index (χ2v) is 5.10. The lowest BCUT2D eigenvalue weighted by Crippen LogP contribution is -2.10. The Kier molecular flexibility index (Phi) is 5.33. The molecule has 120 valence electrons. The third-order valence-electron chi connectivity index (χ3n) is 3.06. The summed E-state index contributed by atoms with van der Waals surface area (Å²) in [6.45, 7) is 4.38. The Bertz CT molecular complexity index is 725. The minimum absolute atomic E-state index is 0.0227. The number of nitrogens with two attached hydrogens (primary N) is 1. The van der Waals surface area contributed by atoms with Gasteiger partial charge in [0.15, 0.2) is 11.6 Å². The highest BCUT2D eigenvalue weighted by atomic mass is 16.5. The van der Waals surface area contributed by atoms with Gasteiger partial charge in [-0.3, -0.25) is 0 Å². The number of aliphatic hydroxyl groups is 1. The fourth-order valence-electron chi connectivity index (χ4n) is 1.88. The number of pyridine rings is 1. The van der Waals surface area contributed by atoms with Crippen LogP contribution in [0.4, 0.5) is 11.8 Å². The van der Waals surface area contributed by atoms with E-state index >= 15 is 0 Å². The first-order valence-corrected chi connectivity index (χ1v) is 7.16. The molecule has 0 amide bonds. The lowest BCUT2D eigenvalue weighted by Gasteiger charge is -2.14. The van der Waals surface area contributed by atoms with Gasteiger partial charge in [0.25, 0.3) is 0 Å². The number of nitrogens with one attached hydrogen (secondary N) is 1. The maximum atomic E-state index is 8.78. The van der Waals surface area contributed by atoms with Crippen LogP contribution in [0, 0.1) is 12.3 Å². The maximum absolute atomic E-state index is 8.78. The number of aromatic nitrogens is 3. The second kappa shape index (κ2) is 7.42. The zero-order valence-corrected chi connectivity index (χ0v) is 13.1. The van der Waals surface area contributed by atoms with Crippen molar-refractivity contribution in [2.75, 3.05) is 24.2 Å². The third kappa shape index (κ3) is 4.08. The van der Waals surface area contributed by atoms with E-state index in [2.05, 4.69) is 26.2 Å². The molecule has 0 bridgehead atoms. The average Bonchev–Trinajstić information content (AvgIpc) is 2.54. The molecule has 23 heavy (non-hydrogen) atoms. The normalized spacial score (nSPS) is 10.4. The summed E-state index contributed by atoms with van der Waals surface area (Å²) in [7, 11) is 0. The van der Waals surface area contributed by atoms with Crippen LogP contribution in [0.2, 0.25) is 0 Å². The number of nitrogens with zero attached hydrogens (tertiary/aromatic N) is 3. The molecule has 7 heteroatoms. The van der Waals surface area contributed by atoms with E-state index in [1.165, 1.54) is 6.20 Å². The molecule has 2 heterocycles. The monoisotopic (exact) mass is 313 g/mol. The van der Waals surface area contributed by atoms with Crippen LogP contribution in [0.3, 0.4) is 0 Å². The summed E-state index contributed by atoms with van der Waals surface area (Å²) in [5, 5.41) is 11.6. The number of hydrogen-bond donors (Lipinski definition) is 3. The standard InChI is InChI=1S/C16H19N5O2/c1-4-11-7-13(12(8-19-11)10(2)3)23-14-9-20-16(18-5-6-22)21-15(14)17/h1,7-10,22H,5-6H2,2-3H3,(H3,17,18,20,21). The molecule has 0 radical (unpaired) electrons. The van der Waals surface area contributed by atoms with Crippen molar-refractivity contribution in [3.8, 4) is 23.8 Å². The molecular formula is C16H19N5O2. The quantitative estimate of drug-likeness (QED) is 0.698. The number of aliphatic hydroxyl groups excluding tert-OH is 1. The minimum atomic E-state index is -0.0227. The molecule has 4 N–H and O–H groups in total. The van der Waals surface area contributed by atoms with E-state index < -0.39 is 0 Å². The summed E-state index contributed by atoms with van der Waals surface area (Å²) in [5.41, 5.74) is 7.29. The SMILES string of the molecule is C#Cc1cc(Oc2cnc(NCCO)nc2N)c(C(C)C)cn1. The molecule has 2 rings (SSSR count). The van der Waals surface area contributed by atoms with Crippen LogP contribution in [0.5, 0.6) is 11.5 Å². The van der Waals surface area contributed by atoms with E-state index in [9.17, 15) is 0 Å². The molecule has 0 saturated heterocycles. The van der Waals surface area contributed by atoms with Crippen LogP contribution >= 0.6 is 0 Å². The molecule has 0 saturated carbocycles. The minimum Gasteiger partial charge on any atom is -0.451 e. The molecule has 0 aromatic carbocycles. The zero-order chi connectivity index (χ0) is 16.8. The number of nitrogen functional groups attached to an aromatic ring is 1. The first-order chi connectivity index (χ1) is 11.0. The number of anilines is 2. The maximum Gasteiger partial charge on any atom is 0.224 e. The fourth-order valence-corrected chi connectivity index (χ4v) is 1.88. The topological polar surface area (TPSA) is 106 Å². The molecular weight excluding hydrogens is 294 g/mol. The lowest BCUT2D eigenvalue weighted by atomic mass is 10.0. The Morgan fingerprint density at radius 3 is 2.74 bits per heavy atom.